The number of hydrogen-bond donors (Lipinski definition) is 2. The smallest absolute Gasteiger partial charge is 0.224 e. The lowest BCUT2D eigenvalue weighted by atomic mass is 9.98. The van der Waals surface area contributed by atoms with Gasteiger partial charge >= 0.3 is 0 Å². The molecule has 21 heavy (non-hydrogen) atoms. The van der Waals surface area contributed by atoms with Crippen molar-refractivity contribution in [1.29, 1.82) is 5.26 Å². The molecule has 0 spiro atoms. The predicted octanol–water partition coefficient (Wildman–Crippen LogP) is 1.55. The molecule has 1 aliphatic rings. The van der Waals surface area contributed by atoms with Crippen LogP contribution in [-0.4, -0.2) is 29.8 Å². The summed E-state index contributed by atoms with van der Waals surface area (Å²) in [5.74, 6) is 0.542. The SMILES string of the molecule is N#CCOc1ccc(CC(=O)NC2(CO)CCCC2)cc1. The Morgan fingerprint density at radius 1 is 1.33 bits per heavy atom. The number of aliphatic hydroxyl groups is 1. The molecule has 5 heteroatoms. The third-order valence-electron chi connectivity index (χ3n) is 3.86. The van der Waals surface area contributed by atoms with E-state index in [1.807, 2.05) is 18.2 Å². The van der Waals surface area contributed by atoms with Gasteiger partial charge in [-0.15, -0.1) is 0 Å². The van der Waals surface area contributed by atoms with Gasteiger partial charge in [-0.05, 0) is 30.5 Å². The number of carbonyl (C=O) groups is 1. The fraction of sp³-hybridized carbons (Fsp3) is 0.500. The van der Waals surface area contributed by atoms with Crippen LogP contribution in [0.2, 0.25) is 0 Å². The van der Waals surface area contributed by atoms with E-state index >= 15 is 0 Å². The lowest BCUT2D eigenvalue weighted by Crippen LogP contribution is -2.49. The highest BCUT2D eigenvalue weighted by molar-refractivity contribution is 5.79. The maximum Gasteiger partial charge on any atom is 0.224 e. The van der Waals surface area contributed by atoms with E-state index in [-0.39, 0.29) is 25.5 Å². The number of amides is 1. The third-order valence-corrected chi connectivity index (χ3v) is 3.86. The van der Waals surface area contributed by atoms with Crippen LogP contribution >= 0.6 is 0 Å². The molecule has 1 amide bonds. The highest BCUT2D eigenvalue weighted by Crippen LogP contribution is 2.29. The Balaban J connectivity index is 1.89. The molecule has 2 rings (SSSR count). The summed E-state index contributed by atoms with van der Waals surface area (Å²) in [6, 6.07) is 9.02. The normalized spacial score (nSPS) is 16.2. The monoisotopic (exact) mass is 288 g/mol. The van der Waals surface area contributed by atoms with Crippen LogP contribution in [0.5, 0.6) is 5.75 Å². The molecule has 1 aromatic rings. The molecule has 112 valence electrons. The van der Waals surface area contributed by atoms with E-state index in [2.05, 4.69) is 5.32 Å². The Morgan fingerprint density at radius 3 is 2.57 bits per heavy atom. The van der Waals surface area contributed by atoms with Gasteiger partial charge in [0.05, 0.1) is 18.6 Å². The van der Waals surface area contributed by atoms with Crippen LogP contribution in [0, 0.1) is 11.3 Å². The summed E-state index contributed by atoms with van der Waals surface area (Å²) in [5.41, 5.74) is 0.454. The number of nitriles is 1. The average Bonchev–Trinajstić information content (AvgIpc) is 2.95. The zero-order valence-electron chi connectivity index (χ0n) is 12.0. The Kier molecular flexibility index (Phi) is 5.18. The van der Waals surface area contributed by atoms with Gasteiger partial charge in [-0.3, -0.25) is 4.79 Å². The van der Waals surface area contributed by atoms with Crippen molar-refractivity contribution < 1.29 is 14.6 Å². The Hall–Kier alpha value is -2.06. The lowest BCUT2D eigenvalue weighted by Gasteiger charge is -2.28. The molecule has 1 saturated carbocycles. The van der Waals surface area contributed by atoms with Crippen molar-refractivity contribution in [1.82, 2.24) is 5.32 Å². The van der Waals surface area contributed by atoms with E-state index in [0.717, 1.165) is 31.2 Å². The molecule has 0 bridgehead atoms. The van der Waals surface area contributed by atoms with Gasteiger partial charge in [0.2, 0.25) is 5.91 Å². The van der Waals surface area contributed by atoms with Crippen molar-refractivity contribution in [2.45, 2.75) is 37.6 Å². The third kappa shape index (κ3) is 4.20. The molecule has 0 saturated heterocycles. The minimum absolute atomic E-state index is 0.000320. The minimum atomic E-state index is -0.424. The predicted molar refractivity (Wildman–Crippen MR) is 77.7 cm³/mol. The Morgan fingerprint density at radius 2 is 2.00 bits per heavy atom. The minimum Gasteiger partial charge on any atom is -0.479 e. The van der Waals surface area contributed by atoms with E-state index < -0.39 is 5.54 Å². The summed E-state index contributed by atoms with van der Waals surface area (Å²) < 4.78 is 5.16. The van der Waals surface area contributed by atoms with E-state index in [4.69, 9.17) is 10.00 Å². The van der Waals surface area contributed by atoms with Crippen molar-refractivity contribution in [2.75, 3.05) is 13.2 Å². The van der Waals surface area contributed by atoms with Crippen molar-refractivity contribution in [3.05, 3.63) is 29.8 Å². The molecule has 0 atom stereocenters. The van der Waals surface area contributed by atoms with Crippen molar-refractivity contribution in [2.24, 2.45) is 0 Å². The zero-order valence-corrected chi connectivity index (χ0v) is 12.0. The summed E-state index contributed by atoms with van der Waals surface area (Å²) in [6.45, 7) is 0.0124. The second kappa shape index (κ2) is 7.09. The van der Waals surface area contributed by atoms with Gasteiger partial charge in [0, 0.05) is 0 Å². The second-order valence-electron chi connectivity index (χ2n) is 5.46. The van der Waals surface area contributed by atoms with Crippen LogP contribution in [-0.2, 0) is 11.2 Å². The first-order valence-corrected chi connectivity index (χ1v) is 7.18. The van der Waals surface area contributed by atoms with Crippen LogP contribution in [0.3, 0.4) is 0 Å². The fourth-order valence-corrected chi connectivity index (χ4v) is 2.72. The number of aliphatic hydroxyl groups excluding tert-OH is 1. The first-order chi connectivity index (χ1) is 10.2. The average molecular weight is 288 g/mol. The first-order valence-electron chi connectivity index (χ1n) is 7.18. The molecular formula is C16H20N2O3. The zero-order chi connectivity index (χ0) is 15.1. The number of benzene rings is 1. The molecule has 1 aliphatic carbocycles. The molecular weight excluding hydrogens is 268 g/mol. The summed E-state index contributed by atoms with van der Waals surface area (Å²) in [4.78, 5) is 12.1. The number of nitrogens with zero attached hydrogens (tertiary/aromatic N) is 1. The van der Waals surface area contributed by atoms with Crippen LogP contribution in [0.1, 0.15) is 31.2 Å². The summed E-state index contributed by atoms with van der Waals surface area (Å²) in [5, 5.41) is 20.9. The van der Waals surface area contributed by atoms with E-state index in [1.54, 1.807) is 12.1 Å². The van der Waals surface area contributed by atoms with Crippen molar-refractivity contribution in [3.63, 3.8) is 0 Å². The quantitative estimate of drug-likeness (QED) is 0.832. The van der Waals surface area contributed by atoms with Gasteiger partial charge in [0.1, 0.15) is 11.8 Å². The summed E-state index contributed by atoms with van der Waals surface area (Å²) in [7, 11) is 0. The van der Waals surface area contributed by atoms with Gasteiger partial charge in [-0.1, -0.05) is 25.0 Å². The number of nitrogens with one attached hydrogen (secondary N) is 1. The maximum atomic E-state index is 12.1. The van der Waals surface area contributed by atoms with Crippen LogP contribution in [0.4, 0.5) is 0 Å². The molecule has 5 nitrogen and oxygen atoms in total. The van der Waals surface area contributed by atoms with Gasteiger partial charge in [0.15, 0.2) is 6.61 Å². The van der Waals surface area contributed by atoms with Crippen LogP contribution in [0.25, 0.3) is 0 Å². The van der Waals surface area contributed by atoms with Crippen molar-refractivity contribution >= 4 is 5.91 Å². The molecule has 0 heterocycles. The molecule has 0 aromatic heterocycles. The number of carbonyl (C=O) groups excluding carboxylic acids is 1. The summed E-state index contributed by atoms with van der Waals surface area (Å²) >= 11 is 0. The van der Waals surface area contributed by atoms with Crippen LogP contribution in [0.15, 0.2) is 24.3 Å². The van der Waals surface area contributed by atoms with E-state index in [0.29, 0.717) is 5.75 Å². The molecule has 0 radical (unpaired) electrons. The van der Waals surface area contributed by atoms with E-state index in [9.17, 15) is 9.90 Å². The molecule has 0 aliphatic heterocycles. The number of hydrogen-bond acceptors (Lipinski definition) is 4. The number of ether oxygens (including phenoxy) is 1. The van der Waals surface area contributed by atoms with Crippen LogP contribution < -0.4 is 10.1 Å². The Bertz CT molecular complexity index is 513. The Labute approximate surface area is 124 Å². The van der Waals surface area contributed by atoms with Gasteiger partial charge in [-0.2, -0.15) is 5.26 Å². The summed E-state index contributed by atoms with van der Waals surface area (Å²) in [6.07, 6.45) is 4.06. The van der Waals surface area contributed by atoms with Crippen molar-refractivity contribution in [3.8, 4) is 11.8 Å². The highest BCUT2D eigenvalue weighted by Gasteiger charge is 2.34. The van der Waals surface area contributed by atoms with Gasteiger partial charge in [0.25, 0.3) is 0 Å². The maximum absolute atomic E-state index is 12.1. The molecule has 2 N–H and O–H groups in total. The second-order valence-corrected chi connectivity index (χ2v) is 5.46. The lowest BCUT2D eigenvalue weighted by molar-refractivity contribution is -0.122. The standard InChI is InChI=1S/C16H20N2O3/c17-9-10-21-14-5-3-13(4-6-14)11-15(20)18-16(12-19)7-1-2-8-16/h3-6,19H,1-2,7-8,10-12H2,(H,18,20). The highest BCUT2D eigenvalue weighted by atomic mass is 16.5. The molecule has 0 unspecified atom stereocenters. The fourth-order valence-electron chi connectivity index (χ4n) is 2.72. The topological polar surface area (TPSA) is 82.3 Å². The number of rotatable bonds is 6. The van der Waals surface area contributed by atoms with E-state index in [1.165, 1.54) is 0 Å². The largest absolute Gasteiger partial charge is 0.479 e. The molecule has 1 aromatic carbocycles. The first kappa shape index (κ1) is 15.3. The van der Waals surface area contributed by atoms with Gasteiger partial charge in [-0.25, -0.2) is 0 Å². The molecule has 1 fully saturated rings. The van der Waals surface area contributed by atoms with Gasteiger partial charge < -0.3 is 15.2 Å².